The summed E-state index contributed by atoms with van der Waals surface area (Å²) >= 11 is 6.19. The van der Waals surface area contributed by atoms with Gasteiger partial charge in [-0.15, -0.1) is 0 Å². The number of nitrogens with zero attached hydrogens (tertiary/aromatic N) is 3. The second kappa shape index (κ2) is 11.6. The van der Waals surface area contributed by atoms with Crippen molar-refractivity contribution in [2.45, 2.75) is 26.8 Å². The molecular formula is C25H34ClN7. The molecule has 2 heterocycles. The molecule has 7 nitrogen and oxygen atoms in total. The molecule has 0 bridgehead atoms. The van der Waals surface area contributed by atoms with Crippen LogP contribution in [0.4, 0.5) is 0 Å². The van der Waals surface area contributed by atoms with Gasteiger partial charge in [-0.3, -0.25) is 9.98 Å². The number of aromatic amines is 1. The number of H-pyrrole nitrogens is 1. The lowest BCUT2D eigenvalue weighted by Gasteiger charge is -2.25. The van der Waals surface area contributed by atoms with E-state index in [0.29, 0.717) is 24.7 Å². The summed E-state index contributed by atoms with van der Waals surface area (Å²) in [5, 5.41) is 8.54. The van der Waals surface area contributed by atoms with E-state index >= 15 is 0 Å². The number of rotatable bonds is 10. The van der Waals surface area contributed by atoms with Crippen LogP contribution in [0.25, 0.3) is 10.9 Å². The first-order valence-corrected chi connectivity index (χ1v) is 11.6. The Morgan fingerprint density at radius 1 is 1.30 bits per heavy atom. The number of nitrogens with one attached hydrogen (secondary N) is 3. The zero-order valence-electron chi connectivity index (χ0n) is 19.8. The van der Waals surface area contributed by atoms with Crippen LogP contribution in [-0.2, 0) is 13.0 Å². The molecule has 176 valence electrons. The fraction of sp³-hybridized carbons (Fsp3) is 0.360. The SMILES string of the molecule is CN/C(NCCc1c[nH]c2ccc(Cl)cc12)=C(N)\C(=N/Cc1cccnc1)N(C)CC(C)C. The van der Waals surface area contributed by atoms with E-state index in [0.717, 1.165) is 46.1 Å². The van der Waals surface area contributed by atoms with Gasteiger partial charge in [0.1, 0.15) is 11.5 Å². The van der Waals surface area contributed by atoms with Gasteiger partial charge in [0, 0.05) is 61.7 Å². The molecule has 3 rings (SSSR count). The second-order valence-corrected chi connectivity index (χ2v) is 8.93. The number of likely N-dealkylation sites (N-methyl/N-ethyl adjacent to an activating group) is 1. The van der Waals surface area contributed by atoms with Crippen LogP contribution in [0.5, 0.6) is 0 Å². The summed E-state index contributed by atoms with van der Waals surface area (Å²) in [7, 11) is 3.89. The van der Waals surface area contributed by atoms with E-state index < -0.39 is 0 Å². The largest absolute Gasteiger partial charge is 0.393 e. The molecular weight excluding hydrogens is 434 g/mol. The maximum atomic E-state index is 6.63. The van der Waals surface area contributed by atoms with E-state index in [1.54, 1.807) is 6.20 Å². The first-order chi connectivity index (χ1) is 15.9. The summed E-state index contributed by atoms with van der Waals surface area (Å²) in [5.41, 5.74) is 10.5. The van der Waals surface area contributed by atoms with Crippen LogP contribution in [0.3, 0.4) is 0 Å². The van der Waals surface area contributed by atoms with Gasteiger partial charge in [-0.1, -0.05) is 31.5 Å². The number of hydrogen-bond acceptors (Lipinski definition) is 5. The van der Waals surface area contributed by atoms with Gasteiger partial charge in [-0.25, -0.2) is 0 Å². The van der Waals surface area contributed by atoms with Crippen molar-refractivity contribution in [2.75, 3.05) is 27.2 Å². The number of hydrogen-bond donors (Lipinski definition) is 4. The maximum absolute atomic E-state index is 6.63. The van der Waals surface area contributed by atoms with Crippen molar-refractivity contribution in [1.82, 2.24) is 25.5 Å². The number of aliphatic imine (C=N–C) groups is 1. The summed E-state index contributed by atoms with van der Waals surface area (Å²) < 4.78 is 0. The highest BCUT2D eigenvalue weighted by Gasteiger charge is 2.16. The highest BCUT2D eigenvalue weighted by atomic mass is 35.5. The summed E-state index contributed by atoms with van der Waals surface area (Å²) in [5.74, 6) is 1.99. The predicted octanol–water partition coefficient (Wildman–Crippen LogP) is 3.88. The molecule has 33 heavy (non-hydrogen) atoms. The normalized spacial score (nSPS) is 12.7. The van der Waals surface area contributed by atoms with Crippen molar-refractivity contribution in [3.63, 3.8) is 0 Å². The zero-order chi connectivity index (χ0) is 23.8. The number of fused-ring (bicyclic) bond motifs is 1. The van der Waals surface area contributed by atoms with Crippen LogP contribution in [0, 0.1) is 5.92 Å². The lowest BCUT2D eigenvalue weighted by atomic mass is 10.1. The van der Waals surface area contributed by atoms with Crippen LogP contribution in [-0.4, -0.2) is 47.9 Å². The molecule has 0 aliphatic heterocycles. The van der Waals surface area contributed by atoms with Gasteiger partial charge < -0.3 is 26.3 Å². The molecule has 0 spiro atoms. The lowest BCUT2D eigenvalue weighted by Crippen LogP contribution is -2.39. The van der Waals surface area contributed by atoms with Gasteiger partial charge in [0.05, 0.1) is 6.54 Å². The third-order valence-electron chi connectivity index (χ3n) is 5.32. The Morgan fingerprint density at radius 2 is 2.12 bits per heavy atom. The smallest absolute Gasteiger partial charge is 0.151 e. The van der Waals surface area contributed by atoms with E-state index in [1.165, 1.54) is 5.56 Å². The van der Waals surface area contributed by atoms with Gasteiger partial charge in [-0.05, 0) is 47.7 Å². The van der Waals surface area contributed by atoms with E-state index in [4.69, 9.17) is 22.3 Å². The molecule has 3 aromatic rings. The molecule has 0 atom stereocenters. The van der Waals surface area contributed by atoms with Crippen molar-refractivity contribution >= 4 is 28.3 Å². The van der Waals surface area contributed by atoms with Crippen LogP contribution in [0.2, 0.25) is 5.02 Å². The lowest BCUT2D eigenvalue weighted by molar-refractivity contribution is 0.422. The van der Waals surface area contributed by atoms with Gasteiger partial charge in [-0.2, -0.15) is 0 Å². The summed E-state index contributed by atoms with van der Waals surface area (Å²) in [6.45, 7) is 6.43. The fourth-order valence-electron chi connectivity index (χ4n) is 3.81. The van der Waals surface area contributed by atoms with Crippen molar-refractivity contribution in [2.24, 2.45) is 16.6 Å². The highest BCUT2D eigenvalue weighted by molar-refractivity contribution is 6.31. The molecule has 1 aromatic carbocycles. The van der Waals surface area contributed by atoms with E-state index in [1.807, 2.05) is 56.8 Å². The Bertz CT molecular complexity index is 1100. The predicted molar refractivity (Wildman–Crippen MR) is 138 cm³/mol. The summed E-state index contributed by atoms with van der Waals surface area (Å²) in [6, 6.07) is 9.82. The molecule has 0 radical (unpaired) electrons. The van der Waals surface area contributed by atoms with Gasteiger partial charge in [0.15, 0.2) is 5.84 Å². The molecule has 8 heteroatoms. The Morgan fingerprint density at radius 3 is 2.82 bits per heavy atom. The highest BCUT2D eigenvalue weighted by Crippen LogP contribution is 2.22. The molecule has 0 aliphatic rings. The quantitative estimate of drug-likeness (QED) is 0.268. The van der Waals surface area contributed by atoms with Crippen LogP contribution in [0.1, 0.15) is 25.0 Å². The topological polar surface area (TPSA) is 94.4 Å². The minimum absolute atomic E-state index is 0.478. The van der Waals surface area contributed by atoms with Crippen molar-refractivity contribution < 1.29 is 0 Å². The number of halogens is 1. The molecule has 5 N–H and O–H groups in total. The first kappa shape index (κ1) is 24.5. The standard InChI is InChI=1S/C25H34ClN7/c1-17(2)16-33(4)25(32-14-18-6-5-10-29-13-18)23(27)24(28-3)30-11-9-19-15-31-22-8-7-20(26)12-21(19)22/h5-8,10,12-13,15,17,28,30-31H,9,11,14,16,27H2,1-4H3/b24-23-,32-25+. The van der Waals surface area contributed by atoms with Crippen LogP contribution in [0.15, 0.2) is 65.4 Å². The second-order valence-electron chi connectivity index (χ2n) is 8.49. The number of amidine groups is 1. The number of benzene rings is 1. The molecule has 2 aromatic heterocycles. The number of nitrogens with two attached hydrogens (primary N) is 1. The number of aromatic nitrogens is 2. The van der Waals surface area contributed by atoms with Crippen molar-refractivity contribution in [3.05, 3.63) is 76.6 Å². The molecule has 0 amide bonds. The first-order valence-electron chi connectivity index (χ1n) is 11.2. The zero-order valence-corrected chi connectivity index (χ0v) is 20.6. The average molecular weight is 468 g/mol. The fourth-order valence-corrected chi connectivity index (χ4v) is 3.99. The van der Waals surface area contributed by atoms with Gasteiger partial charge in [0.2, 0.25) is 0 Å². The van der Waals surface area contributed by atoms with Gasteiger partial charge >= 0.3 is 0 Å². The van der Waals surface area contributed by atoms with E-state index in [2.05, 4.69) is 39.3 Å². The van der Waals surface area contributed by atoms with E-state index in [-0.39, 0.29) is 0 Å². The third-order valence-corrected chi connectivity index (χ3v) is 5.56. The average Bonchev–Trinajstić information content (AvgIpc) is 3.19. The van der Waals surface area contributed by atoms with E-state index in [9.17, 15) is 0 Å². The number of pyridine rings is 1. The summed E-state index contributed by atoms with van der Waals surface area (Å²) in [4.78, 5) is 14.4. The minimum Gasteiger partial charge on any atom is -0.393 e. The Labute approximate surface area is 201 Å². The molecule has 0 fully saturated rings. The monoisotopic (exact) mass is 467 g/mol. The maximum Gasteiger partial charge on any atom is 0.151 e. The van der Waals surface area contributed by atoms with Crippen molar-refractivity contribution in [3.8, 4) is 0 Å². The van der Waals surface area contributed by atoms with Crippen LogP contribution < -0.4 is 16.4 Å². The third kappa shape index (κ3) is 6.65. The molecule has 0 unspecified atom stereocenters. The molecule has 0 saturated heterocycles. The Balaban J connectivity index is 1.77. The van der Waals surface area contributed by atoms with Crippen molar-refractivity contribution in [1.29, 1.82) is 0 Å². The molecule has 0 saturated carbocycles. The Hall–Kier alpha value is -3.19. The van der Waals surface area contributed by atoms with Gasteiger partial charge in [0.25, 0.3) is 0 Å². The minimum atomic E-state index is 0.478. The van der Waals surface area contributed by atoms with Crippen LogP contribution >= 0.6 is 11.6 Å². The molecule has 0 aliphatic carbocycles. The Kier molecular flexibility index (Phi) is 8.60. The summed E-state index contributed by atoms with van der Waals surface area (Å²) in [6.07, 6.45) is 6.45.